The molecule has 0 saturated heterocycles. The lowest BCUT2D eigenvalue weighted by atomic mass is 10.2. The average molecular weight is 506 g/mol. The normalized spacial score (nSPS) is 10.8. The van der Waals surface area contributed by atoms with Crippen LogP contribution in [0.3, 0.4) is 0 Å². The number of ether oxygens (including phenoxy) is 3. The van der Waals surface area contributed by atoms with Crippen molar-refractivity contribution in [1.29, 1.82) is 0 Å². The van der Waals surface area contributed by atoms with Crippen molar-refractivity contribution in [2.45, 2.75) is 39.7 Å². The summed E-state index contributed by atoms with van der Waals surface area (Å²) >= 11 is 3.49. The van der Waals surface area contributed by atoms with Gasteiger partial charge in [0.25, 0.3) is 0 Å². The van der Waals surface area contributed by atoms with Crippen LogP contribution >= 0.6 is 15.9 Å². The van der Waals surface area contributed by atoms with Gasteiger partial charge in [0.05, 0.1) is 36.2 Å². The lowest BCUT2D eigenvalue weighted by Crippen LogP contribution is -2.20. The maximum absolute atomic E-state index is 12.1. The molecule has 0 aliphatic carbocycles. The number of carbonyl (C=O) groups excluding carboxylic acids is 2. The first-order chi connectivity index (χ1) is 15.3. The van der Waals surface area contributed by atoms with E-state index in [9.17, 15) is 9.59 Å². The number of hydrazone groups is 1. The molecule has 0 fully saturated rings. The standard InChI is InChI=1S/C23H28BrN3O5/c1-5-31-20-13-16(12-17(24)23(20)32-15(2)3)14-25-27-22(29)11-10-21(28)26-18-8-6-7-9-19(18)30-4/h6-9,12-15H,5,10-11H2,1-4H3,(H,26,28)(H,27,29). The molecule has 0 aliphatic heterocycles. The lowest BCUT2D eigenvalue weighted by Gasteiger charge is -2.16. The van der Waals surface area contributed by atoms with Gasteiger partial charge in [-0.2, -0.15) is 5.10 Å². The van der Waals surface area contributed by atoms with E-state index in [1.807, 2.05) is 26.8 Å². The molecule has 0 bridgehead atoms. The van der Waals surface area contributed by atoms with Crippen LogP contribution in [0.5, 0.6) is 17.2 Å². The summed E-state index contributed by atoms with van der Waals surface area (Å²) < 4.78 is 17.4. The smallest absolute Gasteiger partial charge is 0.240 e. The minimum atomic E-state index is -0.375. The molecule has 0 spiro atoms. The van der Waals surface area contributed by atoms with Gasteiger partial charge in [0.1, 0.15) is 5.75 Å². The Bertz CT molecular complexity index is 963. The highest BCUT2D eigenvalue weighted by Gasteiger charge is 2.13. The molecule has 8 nitrogen and oxygen atoms in total. The maximum Gasteiger partial charge on any atom is 0.240 e. The van der Waals surface area contributed by atoms with Crippen molar-refractivity contribution < 1.29 is 23.8 Å². The lowest BCUT2D eigenvalue weighted by molar-refractivity contribution is -0.124. The number of amides is 2. The number of halogens is 1. The van der Waals surface area contributed by atoms with E-state index in [1.165, 1.54) is 13.3 Å². The summed E-state index contributed by atoms with van der Waals surface area (Å²) in [4.78, 5) is 24.2. The van der Waals surface area contributed by atoms with E-state index in [0.717, 1.165) is 4.47 Å². The number of methoxy groups -OCH3 is 1. The van der Waals surface area contributed by atoms with E-state index in [-0.39, 0.29) is 30.8 Å². The zero-order valence-corrected chi connectivity index (χ0v) is 20.2. The Balaban J connectivity index is 1.90. The molecule has 9 heteroatoms. The average Bonchev–Trinajstić information content (AvgIpc) is 2.75. The Kier molecular flexibility index (Phi) is 10.0. The first-order valence-electron chi connectivity index (χ1n) is 10.2. The quantitative estimate of drug-likeness (QED) is 0.345. The number of rotatable bonds is 11. The first kappa shape index (κ1) is 25.2. The molecule has 2 amide bonds. The Morgan fingerprint density at radius 3 is 2.53 bits per heavy atom. The van der Waals surface area contributed by atoms with E-state index < -0.39 is 0 Å². The zero-order chi connectivity index (χ0) is 23.5. The van der Waals surface area contributed by atoms with Gasteiger partial charge < -0.3 is 19.5 Å². The highest BCUT2D eigenvalue weighted by atomic mass is 79.9. The first-order valence-corrected chi connectivity index (χ1v) is 11.0. The Morgan fingerprint density at radius 2 is 1.84 bits per heavy atom. The third-order valence-electron chi connectivity index (χ3n) is 4.05. The van der Waals surface area contributed by atoms with Gasteiger partial charge >= 0.3 is 0 Å². The van der Waals surface area contributed by atoms with Crippen molar-refractivity contribution in [3.05, 3.63) is 46.4 Å². The number of hydrogen-bond acceptors (Lipinski definition) is 6. The molecule has 0 heterocycles. The van der Waals surface area contributed by atoms with E-state index >= 15 is 0 Å². The van der Waals surface area contributed by atoms with Crippen LogP contribution in [0, 0.1) is 0 Å². The second kappa shape index (κ2) is 12.7. The number of para-hydroxylation sites is 2. The predicted molar refractivity (Wildman–Crippen MR) is 128 cm³/mol. The number of nitrogens with zero attached hydrogens (tertiary/aromatic N) is 1. The van der Waals surface area contributed by atoms with Crippen LogP contribution in [0.15, 0.2) is 46.0 Å². The second-order valence-corrected chi connectivity index (χ2v) is 7.83. The van der Waals surface area contributed by atoms with E-state index in [0.29, 0.717) is 35.1 Å². The van der Waals surface area contributed by atoms with Crippen LogP contribution in [-0.4, -0.2) is 37.8 Å². The van der Waals surface area contributed by atoms with Crippen LogP contribution in [-0.2, 0) is 9.59 Å². The van der Waals surface area contributed by atoms with Crippen LogP contribution in [0.25, 0.3) is 0 Å². The van der Waals surface area contributed by atoms with Gasteiger partial charge in [0.15, 0.2) is 11.5 Å². The van der Waals surface area contributed by atoms with Gasteiger partial charge in [-0.15, -0.1) is 0 Å². The molecule has 32 heavy (non-hydrogen) atoms. The van der Waals surface area contributed by atoms with Crippen molar-refractivity contribution >= 4 is 39.6 Å². The van der Waals surface area contributed by atoms with Gasteiger partial charge in [-0.3, -0.25) is 9.59 Å². The SMILES string of the molecule is CCOc1cc(C=NNC(=O)CCC(=O)Nc2ccccc2OC)cc(Br)c1OC(C)C. The van der Waals surface area contributed by atoms with Crippen molar-refractivity contribution in [3.63, 3.8) is 0 Å². The largest absolute Gasteiger partial charge is 0.495 e. The molecule has 2 aromatic carbocycles. The van der Waals surface area contributed by atoms with Crippen molar-refractivity contribution in [2.75, 3.05) is 19.0 Å². The molecule has 0 aliphatic rings. The van der Waals surface area contributed by atoms with Crippen molar-refractivity contribution in [2.24, 2.45) is 5.10 Å². The van der Waals surface area contributed by atoms with E-state index in [2.05, 4.69) is 31.8 Å². The molecule has 0 aromatic heterocycles. The summed E-state index contributed by atoms with van der Waals surface area (Å²) in [5.41, 5.74) is 3.70. The molecule has 0 radical (unpaired) electrons. The molecule has 0 unspecified atom stereocenters. The van der Waals surface area contributed by atoms with Gasteiger partial charge in [-0.1, -0.05) is 12.1 Å². The second-order valence-electron chi connectivity index (χ2n) is 6.97. The fourth-order valence-corrected chi connectivity index (χ4v) is 3.25. The Hall–Kier alpha value is -3.07. The number of carbonyl (C=O) groups is 2. The highest BCUT2D eigenvalue weighted by molar-refractivity contribution is 9.10. The predicted octanol–water partition coefficient (Wildman–Crippen LogP) is 4.51. The number of hydrogen-bond donors (Lipinski definition) is 2. The van der Waals surface area contributed by atoms with E-state index in [1.54, 1.807) is 30.3 Å². The third-order valence-corrected chi connectivity index (χ3v) is 4.64. The summed E-state index contributed by atoms with van der Waals surface area (Å²) in [5.74, 6) is 1.08. The van der Waals surface area contributed by atoms with Crippen LogP contribution in [0.1, 0.15) is 39.2 Å². The maximum atomic E-state index is 12.1. The molecule has 0 saturated carbocycles. The number of benzene rings is 2. The Labute approximate surface area is 196 Å². The molecule has 2 N–H and O–H groups in total. The summed E-state index contributed by atoms with van der Waals surface area (Å²) in [6.07, 6.45) is 1.50. The van der Waals surface area contributed by atoms with Gasteiger partial charge in [-0.25, -0.2) is 5.43 Å². The number of anilines is 1. The van der Waals surface area contributed by atoms with Gasteiger partial charge in [-0.05, 0) is 66.5 Å². The van der Waals surface area contributed by atoms with Crippen molar-refractivity contribution in [1.82, 2.24) is 5.43 Å². The monoisotopic (exact) mass is 505 g/mol. The highest BCUT2D eigenvalue weighted by Crippen LogP contribution is 2.37. The fourth-order valence-electron chi connectivity index (χ4n) is 2.70. The Morgan fingerprint density at radius 1 is 1.12 bits per heavy atom. The summed E-state index contributed by atoms with van der Waals surface area (Å²) in [6.45, 7) is 6.24. The molecule has 172 valence electrons. The van der Waals surface area contributed by atoms with Gasteiger partial charge in [0.2, 0.25) is 11.8 Å². The minimum absolute atomic E-state index is 0.00657. The van der Waals surface area contributed by atoms with Crippen LogP contribution < -0.4 is 25.0 Å². The molecular formula is C23H28BrN3O5. The molecule has 2 rings (SSSR count). The summed E-state index contributed by atoms with van der Waals surface area (Å²) in [7, 11) is 1.53. The van der Waals surface area contributed by atoms with Gasteiger partial charge in [0, 0.05) is 12.8 Å². The minimum Gasteiger partial charge on any atom is -0.495 e. The summed E-state index contributed by atoms with van der Waals surface area (Å²) in [6, 6.07) is 10.7. The molecular weight excluding hydrogens is 478 g/mol. The fraction of sp³-hybridized carbons (Fsp3) is 0.348. The molecule has 0 atom stereocenters. The van der Waals surface area contributed by atoms with Crippen LogP contribution in [0.2, 0.25) is 0 Å². The number of nitrogens with one attached hydrogen (secondary N) is 2. The zero-order valence-electron chi connectivity index (χ0n) is 18.6. The summed E-state index contributed by atoms with van der Waals surface area (Å²) in [5, 5.41) is 6.70. The van der Waals surface area contributed by atoms with E-state index in [4.69, 9.17) is 14.2 Å². The van der Waals surface area contributed by atoms with Crippen molar-refractivity contribution in [3.8, 4) is 17.2 Å². The third kappa shape index (κ3) is 7.88. The molecule has 2 aromatic rings. The van der Waals surface area contributed by atoms with Crippen LogP contribution in [0.4, 0.5) is 5.69 Å². The topological polar surface area (TPSA) is 98.2 Å².